The van der Waals surface area contributed by atoms with Crippen molar-refractivity contribution in [2.45, 2.75) is 52.6 Å². The van der Waals surface area contributed by atoms with Crippen LogP contribution in [-0.4, -0.2) is 29.3 Å². The summed E-state index contributed by atoms with van der Waals surface area (Å²) in [4.78, 5) is 27.6. The topological polar surface area (TPSA) is 49.4 Å². The zero-order valence-electron chi connectivity index (χ0n) is 17.2. The number of nitrogens with zero attached hydrogens (tertiary/aromatic N) is 1. The third-order valence-electron chi connectivity index (χ3n) is 4.73. The van der Waals surface area contributed by atoms with E-state index in [1.807, 2.05) is 45.0 Å². The highest BCUT2D eigenvalue weighted by molar-refractivity contribution is 6.35. The maximum Gasteiger partial charge on any atom is 0.242 e. The molecule has 2 rings (SSSR count). The molecule has 1 unspecified atom stereocenters. The number of nitrogens with one attached hydrogen (secondary N) is 1. The molecular formula is C23H28Cl2N2O2. The van der Waals surface area contributed by atoms with Crippen LogP contribution in [-0.2, 0) is 22.6 Å². The minimum Gasteiger partial charge on any atom is -0.354 e. The van der Waals surface area contributed by atoms with E-state index in [0.29, 0.717) is 23.0 Å². The van der Waals surface area contributed by atoms with Crippen LogP contribution >= 0.6 is 23.2 Å². The number of hydrogen-bond acceptors (Lipinski definition) is 2. The average molecular weight is 435 g/mol. The van der Waals surface area contributed by atoms with E-state index in [9.17, 15) is 9.59 Å². The van der Waals surface area contributed by atoms with Crippen LogP contribution in [0.1, 0.15) is 43.4 Å². The molecule has 0 heterocycles. The van der Waals surface area contributed by atoms with Crippen LogP contribution < -0.4 is 5.32 Å². The summed E-state index contributed by atoms with van der Waals surface area (Å²) in [5.74, 6) is -0.253. The monoisotopic (exact) mass is 434 g/mol. The Balaban J connectivity index is 2.32. The molecule has 4 nitrogen and oxygen atoms in total. The highest BCUT2D eigenvalue weighted by Crippen LogP contribution is 2.24. The smallest absolute Gasteiger partial charge is 0.242 e. The highest BCUT2D eigenvalue weighted by atomic mass is 35.5. The van der Waals surface area contributed by atoms with Gasteiger partial charge in [-0.2, -0.15) is 0 Å². The van der Waals surface area contributed by atoms with Crippen molar-refractivity contribution >= 4 is 35.0 Å². The van der Waals surface area contributed by atoms with E-state index in [-0.39, 0.29) is 24.8 Å². The Bertz CT molecular complexity index is 855. The third kappa shape index (κ3) is 6.76. The summed E-state index contributed by atoms with van der Waals surface area (Å²) in [6.07, 6.45) is 1.58. The lowest BCUT2D eigenvalue weighted by molar-refractivity contribution is -0.140. The molecule has 0 saturated carbocycles. The standard InChI is InChI=1S/C23H28Cl2N2O2/c1-4-11-26-23(29)21(5-2)27(15-18-9-10-19(24)14-20(18)25)22(28)13-17-8-6-7-16(3)12-17/h6-10,12,14,21H,4-5,11,13,15H2,1-3H3,(H,26,29). The molecule has 0 bridgehead atoms. The molecule has 0 aromatic heterocycles. The van der Waals surface area contributed by atoms with Gasteiger partial charge in [0.05, 0.1) is 6.42 Å². The quantitative estimate of drug-likeness (QED) is 0.590. The first-order valence-corrected chi connectivity index (χ1v) is 10.7. The molecule has 0 spiro atoms. The van der Waals surface area contributed by atoms with Crippen LogP contribution in [0.4, 0.5) is 0 Å². The summed E-state index contributed by atoms with van der Waals surface area (Å²) in [5.41, 5.74) is 2.77. The maximum absolute atomic E-state index is 13.3. The van der Waals surface area contributed by atoms with Crippen molar-refractivity contribution in [2.75, 3.05) is 6.54 Å². The van der Waals surface area contributed by atoms with Crippen LogP contribution in [0.5, 0.6) is 0 Å². The van der Waals surface area contributed by atoms with Crippen LogP contribution in [0.2, 0.25) is 10.0 Å². The molecule has 0 aliphatic rings. The Hall–Kier alpha value is -2.04. The Morgan fingerprint density at radius 1 is 1.10 bits per heavy atom. The van der Waals surface area contributed by atoms with Crippen molar-refractivity contribution in [1.82, 2.24) is 10.2 Å². The van der Waals surface area contributed by atoms with Crippen molar-refractivity contribution in [3.8, 4) is 0 Å². The second-order valence-corrected chi connectivity index (χ2v) is 7.98. The lowest BCUT2D eigenvalue weighted by Crippen LogP contribution is -2.49. The maximum atomic E-state index is 13.3. The third-order valence-corrected chi connectivity index (χ3v) is 5.32. The molecule has 6 heteroatoms. The Morgan fingerprint density at radius 2 is 1.86 bits per heavy atom. The predicted molar refractivity (Wildman–Crippen MR) is 119 cm³/mol. The van der Waals surface area contributed by atoms with E-state index >= 15 is 0 Å². The molecule has 0 fully saturated rings. The largest absolute Gasteiger partial charge is 0.354 e. The number of carbonyl (C=O) groups excluding carboxylic acids is 2. The summed E-state index contributed by atoms with van der Waals surface area (Å²) in [5, 5.41) is 3.93. The van der Waals surface area contributed by atoms with Crippen LogP contribution in [0, 0.1) is 6.92 Å². The van der Waals surface area contributed by atoms with E-state index in [1.54, 1.807) is 23.1 Å². The Morgan fingerprint density at radius 3 is 2.48 bits per heavy atom. The molecule has 2 aromatic rings. The average Bonchev–Trinajstić information content (AvgIpc) is 2.67. The lowest BCUT2D eigenvalue weighted by atomic mass is 10.1. The van der Waals surface area contributed by atoms with Gasteiger partial charge in [-0.3, -0.25) is 9.59 Å². The summed E-state index contributed by atoms with van der Waals surface area (Å²) in [6.45, 7) is 6.73. The minimum atomic E-state index is -0.564. The second-order valence-electron chi connectivity index (χ2n) is 7.14. The second kappa shape index (κ2) is 11.2. The molecule has 0 saturated heterocycles. The Kier molecular flexibility index (Phi) is 8.99. The fraction of sp³-hybridized carbons (Fsp3) is 0.391. The van der Waals surface area contributed by atoms with E-state index < -0.39 is 6.04 Å². The number of benzene rings is 2. The molecule has 0 aliphatic carbocycles. The molecular weight excluding hydrogens is 407 g/mol. The summed E-state index contributed by atoms with van der Waals surface area (Å²) < 4.78 is 0. The van der Waals surface area contributed by atoms with Gasteiger partial charge in [0.25, 0.3) is 0 Å². The zero-order valence-corrected chi connectivity index (χ0v) is 18.7. The van der Waals surface area contributed by atoms with Gasteiger partial charge in [-0.1, -0.05) is 72.9 Å². The Labute approximate surface area is 183 Å². The molecule has 29 heavy (non-hydrogen) atoms. The first kappa shape index (κ1) is 23.2. The molecule has 1 N–H and O–H groups in total. The van der Waals surface area contributed by atoms with Gasteiger partial charge >= 0.3 is 0 Å². The van der Waals surface area contributed by atoms with Gasteiger partial charge in [-0.05, 0) is 43.0 Å². The first-order chi connectivity index (χ1) is 13.8. The van der Waals surface area contributed by atoms with Crippen molar-refractivity contribution < 1.29 is 9.59 Å². The normalized spacial score (nSPS) is 11.8. The van der Waals surface area contributed by atoms with Gasteiger partial charge in [0, 0.05) is 23.1 Å². The van der Waals surface area contributed by atoms with Crippen LogP contribution in [0.15, 0.2) is 42.5 Å². The number of aryl methyl sites for hydroxylation is 1. The van der Waals surface area contributed by atoms with Crippen molar-refractivity contribution in [3.05, 3.63) is 69.2 Å². The van der Waals surface area contributed by atoms with Gasteiger partial charge in [0.1, 0.15) is 6.04 Å². The molecule has 1 atom stereocenters. The van der Waals surface area contributed by atoms with Gasteiger partial charge < -0.3 is 10.2 Å². The van der Waals surface area contributed by atoms with Crippen molar-refractivity contribution in [1.29, 1.82) is 0 Å². The van der Waals surface area contributed by atoms with Gasteiger partial charge in [-0.25, -0.2) is 0 Å². The van der Waals surface area contributed by atoms with E-state index in [4.69, 9.17) is 23.2 Å². The predicted octanol–water partition coefficient (Wildman–Crippen LogP) is 5.18. The molecule has 2 aromatic carbocycles. The van der Waals surface area contributed by atoms with Crippen LogP contribution in [0.3, 0.4) is 0 Å². The molecule has 0 aliphatic heterocycles. The number of halogens is 2. The van der Waals surface area contributed by atoms with Gasteiger partial charge in [-0.15, -0.1) is 0 Å². The summed E-state index contributed by atoms with van der Waals surface area (Å²) in [7, 11) is 0. The fourth-order valence-electron chi connectivity index (χ4n) is 3.22. The summed E-state index contributed by atoms with van der Waals surface area (Å²) in [6, 6.07) is 12.5. The summed E-state index contributed by atoms with van der Waals surface area (Å²) >= 11 is 12.4. The van der Waals surface area contributed by atoms with E-state index in [0.717, 1.165) is 23.1 Å². The van der Waals surface area contributed by atoms with Gasteiger partial charge in [0.2, 0.25) is 11.8 Å². The van der Waals surface area contributed by atoms with Crippen LogP contribution in [0.25, 0.3) is 0 Å². The number of hydrogen-bond donors (Lipinski definition) is 1. The molecule has 0 radical (unpaired) electrons. The zero-order chi connectivity index (χ0) is 21.4. The number of amides is 2. The molecule has 156 valence electrons. The van der Waals surface area contributed by atoms with Crippen molar-refractivity contribution in [2.24, 2.45) is 0 Å². The van der Waals surface area contributed by atoms with E-state index in [2.05, 4.69) is 5.32 Å². The van der Waals surface area contributed by atoms with Crippen molar-refractivity contribution in [3.63, 3.8) is 0 Å². The minimum absolute atomic E-state index is 0.111. The first-order valence-electron chi connectivity index (χ1n) is 9.92. The molecule has 2 amide bonds. The SMILES string of the molecule is CCCNC(=O)C(CC)N(Cc1ccc(Cl)cc1Cl)C(=O)Cc1cccc(C)c1. The van der Waals surface area contributed by atoms with Gasteiger partial charge in [0.15, 0.2) is 0 Å². The number of rotatable bonds is 9. The lowest BCUT2D eigenvalue weighted by Gasteiger charge is -2.31. The highest BCUT2D eigenvalue weighted by Gasteiger charge is 2.29. The van der Waals surface area contributed by atoms with E-state index in [1.165, 1.54) is 0 Å². The fourth-order valence-corrected chi connectivity index (χ4v) is 3.69. The number of carbonyl (C=O) groups is 2.